The van der Waals surface area contributed by atoms with E-state index in [9.17, 15) is 0 Å². The van der Waals surface area contributed by atoms with Crippen LogP contribution in [0.1, 0.15) is 32.6 Å². The van der Waals surface area contributed by atoms with Gasteiger partial charge in [-0.2, -0.15) is 0 Å². The molecule has 0 radical (unpaired) electrons. The highest BCUT2D eigenvalue weighted by atomic mass is 32.1. The number of anilines is 1. The summed E-state index contributed by atoms with van der Waals surface area (Å²) >= 11 is 1.76. The van der Waals surface area contributed by atoms with Gasteiger partial charge in [0.05, 0.1) is 0 Å². The highest BCUT2D eigenvalue weighted by Gasteiger charge is 2.08. The van der Waals surface area contributed by atoms with E-state index in [1.54, 1.807) is 11.3 Å². The average Bonchev–Trinajstić information content (AvgIpc) is 2.64. The van der Waals surface area contributed by atoms with Crippen LogP contribution in [0, 0.1) is 5.92 Å². The molecule has 16 heavy (non-hydrogen) atoms. The van der Waals surface area contributed by atoms with Gasteiger partial charge in [0.2, 0.25) is 0 Å². The molecule has 0 aliphatic carbocycles. The van der Waals surface area contributed by atoms with Gasteiger partial charge < -0.3 is 5.32 Å². The molecule has 0 fully saturated rings. The first-order chi connectivity index (χ1) is 7.65. The zero-order valence-electron chi connectivity index (χ0n) is 10.8. The Balaban J connectivity index is 2.49. The third-order valence-electron chi connectivity index (χ3n) is 2.33. The first-order valence-corrected chi connectivity index (χ1v) is 6.88. The van der Waals surface area contributed by atoms with Crippen molar-refractivity contribution >= 4 is 16.5 Å². The maximum Gasteiger partial charge on any atom is 0.182 e. The fourth-order valence-electron chi connectivity index (χ4n) is 1.66. The van der Waals surface area contributed by atoms with Crippen molar-refractivity contribution in [1.29, 1.82) is 0 Å². The molecule has 1 aromatic heterocycles. The molecule has 0 bridgehead atoms. The van der Waals surface area contributed by atoms with Crippen LogP contribution in [-0.2, 0) is 6.54 Å². The van der Waals surface area contributed by atoms with Crippen molar-refractivity contribution < 1.29 is 0 Å². The number of hydrogen-bond donors (Lipinski definition) is 1. The number of hydrogen-bond acceptors (Lipinski definition) is 4. The molecule has 4 heteroatoms. The summed E-state index contributed by atoms with van der Waals surface area (Å²) in [5.74, 6) is 0.723. The Morgan fingerprint density at radius 3 is 2.75 bits per heavy atom. The van der Waals surface area contributed by atoms with Gasteiger partial charge in [0.1, 0.15) is 0 Å². The number of nitrogens with zero attached hydrogens (tertiary/aromatic N) is 2. The molecule has 0 aliphatic heterocycles. The predicted octanol–water partition coefficient (Wildman–Crippen LogP) is 3.05. The van der Waals surface area contributed by atoms with E-state index in [2.05, 4.69) is 42.9 Å². The molecule has 3 nitrogen and oxygen atoms in total. The Morgan fingerprint density at radius 2 is 2.19 bits per heavy atom. The molecule has 0 spiro atoms. The zero-order chi connectivity index (χ0) is 12.0. The summed E-state index contributed by atoms with van der Waals surface area (Å²) in [7, 11) is 0. The summed E-state index contributed by atoms with van der Waals surface area (Å²) in [6.45, 7) is 13.1. The van der Waals surface area contributed by atoms with Gasteiger partial charge >= 0.3 is 0 Å². The van der Waals surface area contributed by atoms with Crippen LogP contribution in [0.15, 0.2) is 6.20 Å². The largest absolute Gasteiger partial charge is 0.362 e. The fraction of sp³-hybridized carbons (Fsp3) is 0.750. The third kappa shape index (κ3) is 4.49. The van der Waals surface area contributed by atoms with Gasteiger partial charge in [0.25, 0.3) is 0 Å². The molecule has 1 rings (SSSR count). The van der Waals surface area contributed by atoms with Crippen molar-refractivity contribution in [2.24, 2.45) is 5.92 Å². The summed E-state index contributed by atoms with van der Waals surface area (Å²) in [5.41, 5.74) is 0. The van der Waals surface area contributed by atoms with Crippen LogP contribution in [-0.4, -0.2) is 29.5 Å². The van der Waals surface area contributed by atoms with Crippen molar-refractivity contribution in [2.75, 3.05) is 25.0 Å². The molecule has 1 aromatic rings. The Labute approximate surface area is 103 Å². The van der Waals surface area contributed by atoms with Crippen molar-refractivity contribution in [1.82, 2.24) is 9.88 Å². The Hall–Kier alpha value is -0.610. The normalized spacial score (nSPS) is 11.4. The lowest BCUT2D eigenvalue weighted by Crippen LogP contribution is -2.26. The second kappa shape index (κ2) is 6.86. The lowest BCUT2D eigenvalue weighted by molar-refractivity contribution is 0.250. The standard InChI is InChI=1S/C12H23N3S/c1-5-13-12-14-7-11(16-12)9-15(6-2)8-10(3)4/h7,10H,5-6,8-9H2,1-4H3,(H,13,14). The van der Waals surface area contributed by atoms with Crippen LogP contribution in [0.5, 0.6) is 0 Å². The minimum Gasteiger partial charge on any atom is -0.362 e. The highest BCUT2D eigenvalue weighted by molar-refractivity contribution is 7.15. The molecule has 0 saturated heterocycles. The molecule has 0 atom stereocenters. The maximum absolute atomic E-state index is 4.35. The predicted molar refractivity (Wildman–Crippen MR) is 72.1 cm³/mol. The maximum atomic E-state index is 4.35. The molecular formula is C12H23N3S. The number of thiazole rings is 1. The van der Waals surface area contributed by atoms with E-state index < -0.39 is 0 Å². The first kappa shape index (κ1) is 13.5. The highest BCUT2D eigenvalue weighted by Crippen LogP contribution is 2.19. The quantitative estimate of drug-likeness (QED) is 0.795. The van der Waals surface area contributed by atoms with Gasteiger partial charge in [-0.15, -0.1) is 11.3 Å². The number of rotatable bonds is 7. The van der Waals surface area contributed by atoms with Crippen LogP contribution in [0.4, 0.5) is 5.13 Å². The van der Waals surface area contributed by atoms with Gasteiger partial charge in [-0.3, -0.25) is 4.90 Å². The lowest BCUT2D eigenvalue weighted by atomic mass is 10.2. The average molecular weight is 241 g/mol. The van der Waals surface area contributed by atoms with Gasteiger partial charge in [-0.05, 0) is 19.4 Å². The summed E-state index contributed by atoms with van der Waals surface area (Å²) in [6, 6.07) is 0. The van der Waals surface area contributed by atoms with Crippen LogP contribution in [0.25, 0.3) is 0 Å². The first-order valence-electron chi connectivity index (χ1n) is 6.06. The van der Waals surface area contributed by atoms with Gasteiger partial charge in [-0.1, -0.05) is 20.8 Å². The minimum atomic E-state index is 0.723. The third-order valence-corrected chi connectivity index (χ3v) is 3.27. The topological polar surface area (TPSA) is 28.2 Å². The minimum absolute atomic E-state index is 0.723. The molecule has 0 saturated carbocycles. The van der Waals surface area contributed by atoms with Gasteiger partial charge in [0, 0.05) is 30.7 Å². The molecule has 1 N–H and O–H groups in total. The van der Waals surface area contributed by atoms with Crippen LogP contribution in [0.3, 0.4) is 0 Å². The smallest absolute Gasteiger partial charge is 0.182 e. The summed E-state index contributed by atoms with van der Waals surface area (Å²) in [6.07, 6.45) is 1.99. The van der Waals surface area contributed by atoms with E-state index in [1.807, 2.05) is 6.20 Å². The zero-order valence-corrected chi connectivity index (χ0v) is 11.6. The van der Waals surface area contributed by atoms with E-state index in [-0.39, 0.29) is 0 Å². The second-order valence-corrected chi connectivity index (χ2v) is 5.50. The van der Waals surface area contributed by atoms with Crippen molar-refractivity contribution in [3.05, 3.63) is 11.1 Å². The molecule has 0 aromatic carbocycles. The molecule has 0 unspecified atom stereocenters. The molecule has 0 aliphatic rings. The van der Waals surface area contributed by atoms with E-state index in [0.717, 1.165) is 37.2 Å². The molecule has 0 amide bonds. The lowest BCUT2D eigenvalue weighted by Gasteiger charge is -2.21. The Kier molecular flexibility index (Phi) is 5.77. The van der Waals surface area contributed by atoms with Gasteiger partial charge in [-0.25, -0.2) is 4.98 Å². The van der Waals surface area contributed by atoms with Gasteiger partial charge in [0.15, 0.2) is 5.13 Å². The number of aromatic nitrogens is 1. The summed E-state index contributed by atoms with van der Waals surface area (Å²) in [4.78, 5) is 8.17. The molecule has 92 valence electrons. The van der Waals surface area contributed by atoms with Crippen molar-refractivity contribution in [2.45, 2.75) is 34.2 Å². The van der Waals surface area contributed by atoms with E-state index in [1.165, 1.54) is 4.88 Å². The van der Waals surface area contributed by atoms with Crippen molar-refractivity contribution in [3.8, 4) is 0 Å². The Morgan fingerprint density at radius 1 is 1.44 bits per heavy atom. The fourth-order valence-corrected chi connectivity index (χ4v) is 2.58. The van der Waals surface area contributed by atoms with Crippen LogP contribution >= 0.6 is 11.3 Å². The Bertz CT molecular complexity index is 296. The van der Waals surface area contributed by atoms with E-state index in [4.69, 9.17) is 0 Å². The summed E-state index contributed by atoms with van der Waals surface area (Å²) < 4.78 is 0. The van der Waals surface area contributed by atoms with E-state index in [0.29, 0.717) is 0 Å². The van der Waals surface area contributed by atoms with Crippen molar-refractivity contribution in [3.63, 3.8) is 0 Å². The van der Waals surface area contributed by atoms with Crippen LogP contribution in [0.2, 0.25) is 0 Å². The number of nitrogens with one attached hydrogen (secondary N) is 1. The second-order valence-electron chi connectivity index (χ2n) is 4.38. The van der Waals surface area contributed by atoms with Crippen LogP contribution < -0.4 is 5.32 Å². The van der Waals surface area contributed by atoms with E-state index >= 15 is 0 Å². The monoisotopic (exact) mass is 241 g/mol. The molecular weight excluding hydrogens is 218 g/mol. The molecule has 1 heterocycles. The summed E-state index contributed by atoms with van der Waals surface area (Å²) in [5, 5.41) is 4.29. The SMILES string of the molecule is CCNc1ncc(CN(CC)CC(C)C)s1.